The Labute approximate surface area is 98.8 Å². The smallest absolute Gasteiger partial charge is 0.103 e. The third-order valence-electron chi connectivity index (χ3n) is 2.94. The van der Waals surface area contributed by atoms with Crippen LogP contribution in [0.5, 0.6) is 0 Å². The van der Waals surface area contributed by atoms with Gasteiger partial charge in [0.25, 0.3) is 0 Å². The fourth-order valence-electron chi connectivity index (χ4n) is 1.12. The van der Waals surface area contributed by atoms with Gasteiger partial charge in [-0.2, -0.15) is 17.0 Å². The summed E-state index contributed by atoms with van der Waals surface area (Å²) in [6.45, 7) is 8.75. The standard InChI is InChI=1S/C12H24N2S/c1-10(2)11(3)15-8-6-7-12(4,9-13)14-5/h10-11,14H,6-8H2,1-5H3. The van der Waals surface area contributed by atoms with Crippen molar-refractivity contribution in [2.24, 2.45) is 5.92 Å². The molecular weight excluding hydrogens is 204 g/mol. The van der Waals surface area contributed by atoms with Gasteiger partial charge in [0.2, 0.25) is 0 Å². The van der Waals surface area contributed by atoms with Crippen LogP contribution >= 0.6 is 11.8 Å². The summed E-state index contributed by atoms with van der Waals surface area (Å²) in [6.07, 6.45) is 2.03. The molecule has 0 heterocycles. The Bertz CT molecular complexity index is 210. The summed E-state index contributed by atoms with van der Waals surface area (Å²) in [6, 6.07) is 2.32. The molecule has 0 aromatic carbocycles. The molecule has 88 valence electrons. The molecule has 0 spiro atoms. The van der Waals surface area contributed by atoms with E-state index in [0.717, 1.165) is 24.5 Å². The van der Waals surface area contributed by atoms with E-state index in [2.05, 4.69) is 32.2 Å². The molecule has 15 heavy (non-hydrogen) atoms. The highest BCUT2D eigenvalue weighted by Gasteiger charge is 2.20. The van der Waals surface area contributed by atoms with Gasteiger partial charge in [-0.05, 0) is 38.5 Å². The zero-order valence-electron chi connectivity index (χ0n) is 10.6. The van der Waals surface area contributed by atoms with Crippen molar-refractivity contribution in [2.75, 3.05) is 12.8 Å². The summed E-state index contributed by atoms with van der Waals surface area (Å²) in [5.41, 5.74) is -0.346. The second kappa shape index (κ2) is 7.14. The molecule has 0 rings (SSSR count). The van der Waals surface area contributed by atoms with E-state index >= 15 is 0 Å². The van der Waals surface area contributed by atoms with Gasteiger partial charge in [-0.1, -0.05) is 20.8 Å². The molecule has 2 unspecified atom stereocenters. The molecule has 1 N–H and O–H groups in total. The quantitative estimate of drug-likeness (QED) is 0.680. The largest absolute Gasteiger partial charge is 0.303 e. The number of nitrogens with zero attached hydrogens (tertiary/aromatic N) is 1. The Hall–Kier alpha value is -0.200. The minimum atomic E-state index is -0.346. The normalized spacial score (nSPS) is 17.1. The van der Waals surface area contributed by atoms with Gasteiger partial charge in [0.15, 0.2) is 0 Å². The lowest BCUT2D eigenvalue weighted by molar-refractivity contribution is 0.451. The summed E-state index contributed by atoms with van der Waals surface area (Å²) in [4.78, 5) is 0. The summed E-state index contributed by atoms with van der Waals surface area (Å²) in [7, 11) is 1.85. The predicted molar refractivity (Wildman–Crippen MR) is 69.1 cm³/mol. The van der Waals surface area contributed by atoms with Gasteiger partial charge >= 0.3 is 0 Å². The number of nitriles is 1. The first kappa shape index (κ1) is 14.8. The Kier molecular flexibility index (Phi) is 7.04. The highest BCUT2D eigenvalue weighted by Crippen LogP contribution is 2.21. The summed E-state index contributed by atoms with van der Waals surface area (Å²) >= 11 is 2.01. The van der Waals surface area contributed by atoms with Gasteiger partial charge in [0, 0.05) is 5.25 Å². The first-order chi connectivity index (χ1) is 6.95. The maximum atomic E-state index is 8.96. The van der Waals surface area contributed by atoms with Crippen molar-refractivity contribution >= 4 is 11.8 Å². The molecule has 3 heteroatoms. The molecule has 2 nitrogen and oxygen atoms in total. The van der Waals surface area contributed by atoms with E-state index < -0.39 is 0 Å². The highest BCUT2D eigenvalue weighted by atomic mass is 32.2. The van der Waals surface area contributed by atoms with Crippen LogP contribution in [0.3, 0.4) is 0 Å². The summed E-state index contributed by atoms with van der Waals surface area (Å²) in [5, 5.41) is 12.7. The second-order valence-corrected chi connectivity index (χ2v) is 6.10. The maximum absolute atomic E-state index is 8.96. The SMILES string of the molecule is CNC(C)(C#N)CCCSC(C)C(C)C. The maximum Gasteiger partial charge on any atom is 0.103 e. The van der Waals surface area contributed by atoms with Gasteiger partial charge in [-0.15, -0.1) is 0 Å². The van der Waals surface area contributed by atoms with E-state index in [1.165, 1.54) is 0 Å². The fraction of sp³-hybridized carbons (Fsp3) is 0.917. The zero-order valence-corrected chi connectivity index (χ0v) is 11.4. The lowest BCUT2D eigenvalue weighted by Crippen LogP contribution is -2.38. The monoisotopic (exact) mass is 228 g/mol. The van der Waals surface area contributed by atoms with Crippen LogP contribution in [0.25, 0.3) is 0 Å². The van der Waals surface area contributed by atoms with E-state index in [1.54, 1.807) is 0 Å². The predicted octanol–water partition coefficient (Wildman–Crippen LogP) is 3.05. The average molecular weight is 228 g/mol. The number of thioether (sulfide) groups is 1. The summed E-state index contributed by atoms with van der Waals surface area (Å²) < 4.78 is 0. The van der Waals surface area contributed by atoms with Gasteiger partial charge in [-0.25, -0.2) is 0 Å². The van der Waals surface area contributed by atoms with Crippen molar-refractivity contribution in [1.82, 2.24) is 5.32 Å². The number of hydrogen-bond donors (Lipinski definition) is 1. The molecule has 0 aliphatic carbocycles. The molecule has 0 saturated heterocycles. The van der Waals surface area contributed by atoms with Gasteiger partial charge < -0.3 is 5.32 Å². The minimum Gasteiger partial charge on any atom is -0.303 e. The lowest BCUT2D eigenvalue weighted by Gasteiger charge is -2.21. The van der Waals surface area contributed by atoms with Crippen LogP contribution in [0.2, 0.25) is 0 Å². The third-order valence-corrected chi connectivity index (χ3v) is 4.53. The van der Waals surface area contributed by atoms with Crippen LogP contribution in [-0.4, -0.2) is 23.6 Å². The van der Waals surface area contributed by atoms with Crippen LogP contribution in [0.1, 0.15) is 40.5 Å². The Morgan fingerprint density at radius 3 is 2.40 bits per heavy atom. The van der Waals surface area contributed by atoms with E-state index in [1.807, 2.05) is 25.7 Å². The van der Waals surface area contributed by atoms with Crippen molar-refractivity contribution in [3.05, 3.63) is 0 Å². The zero-order chi connectivity index (χ0) is 11.9. The van der Waals surface area contributed by atoms with Gasteiger partial charge in [0.1, 0.15) is 5.54 Å². The minimum absolute atomic E-state index is 0.346. The van der Waals surface area contributed by atoms with Crippen LogP contribution in [0.15, 0.2) is 0 Å². The molecule has 0 aromatic rings. The van der Waals surface area contributed by atoms with Crippen LogP contribution in [0.4, 0.5) is 0 Å². The molecule has 0 saturated carbocycles. The van der Waals surface area contributed by atoms with E-state index in [-0.39, 0.29) is 5.54 Å². The topological polar surface area (TPSA) is 35.8 Å². The molecule has 2 atom stereocenters. The van der Waals surface area contributed by atoms with E-state index in [0.29, 0.717) is 5.25 Å². The Morgan fingerprint density at radius 2 is 2.00 bits per heavy atom. The van der Waals surface area contributed by atoms with E-state index in [4.69, 9.17) is 5.26 Å². The highest BCUT2D eigenvalue weighted by molar-refractivity contribution is 7.99. The first-order valence-electron chi connectivity index (χ1n) is 5.67. The van der Waals surface area contributed by atoms with Gasteiger partial charge in [-0.3, -0.25) is 0 Å². The summed E-state index contributed by atoms with van der Waals surface area (Å²) in [5.74, 6) is 1.89. The van der Waals surface area contributed by atoms with Crippen molar-refractivity contribution < 1.29 is 0 Å². The Balaban J connectivity index is 3.68. The number of nitrogens with one attached hydrogen (secondary N) is 1. The number of rotatable bonds is 7. The first-order valence-corrected chi connectivity index (χ1v) is 6.72. The van der Waals surface area contributed by atoms with E-state index in [9.17, 15) is 0 Å². The molecule has 0 aliphatic rings. The van der Waals surface area contributed by atoms with Gasteiger partial charge in [0.05, 0.1) is 6.07 Å². The molecule has 0 radical (unpaired) electrons. The van der Waals surface area contributed by atoms with Crippen molar-refractivity contribution in [3.63, 3.8) is 0 Å². The molecule has 0 bridgehead atoms. The lowest BCUT2D eigenvalue weighted by atomic mass is 9.99. The van der Waals surface area contributed by atoms with Crippen LogP contribution in [0, 0.1) is 17.2 Å². The fourth-order valence-corrected chi connectivity index (χ4v) is 2.19. The molecule has 0 aromatic heterocycles. The Morgan fingerprint density at radius 1 is 1.40 bits per heavy atom. The molecule has 0 amide bonds. The van der Waals surface area contributed by atoms with Crippen LogP contribution < -0.4 is 5.32 Å². The van der Waals surface area contributed by atoms with Crippen molar-refractivity contribution in [2.45, 2.75) is 51.3 Å². The molecular formula is C12H24N2S. The third kappa shape index (κ3) is 6.06. The second-order valence-electron chi connectivity index (χ2n) is 4.62. The van der Waals surface area contributed by atoms with Crippen molar-refractivity contribution in [3.8, 4) is 6.07 Å². The van der Waals surface area contributed by atoms with Crippen molar-refractivity contribution in [1.29, 1.82) is 5.26 Å². The molecule has 0 aliphatic heterocycles. The number of hydrogen-bond acceptors (Lipinski definition) is 3. The molecule has 0 fully saturated rings. The average Bonchev–Trinajstić information content (AvgIpc) is 2.23. The van der Waals surface area contributed by atoms with Crippen LogP contribution in [-0.2, 0) is 0 Å².